The predicted octanol–water partition coefficient (Wildman–Crippen LogP) is 0.708. The number of urea groups is 1. The van der Waals surface area contributed by atoms with E-state index >= 15 is 0 Å². The number of imide groups is 2. The molecule has 26 heavy (non-hydrogen) atoms. The van der Waals surface area contributed by atoms with Gasteiger partial charge in [-0.05, 0) is 24.3 Å². The van der Waals surface area contributed by atoms with E-state index in [0.29, 0.717) is 10.0 Å². The van der Waals surface area contributed by atoms with Crippen molar-refractivity contribution in [3.8, 4) is 0 Å². The summed E-state index contributed by atoms with van der Waals surface area (Å²) in [6.07, 6.45) is 0. The smallest absolute Gasteiger partial charge is 0.267 e. The summed E-state index contributed by atoms with van der Waals surface area (Å²) in [5, 5.41) is 1.05. The van der Waals surface area contributed by atoms with Crippen LogP contribution in [0.15, 0.2) is 48.5 Å². The Hall–Kier alpha value is -4.01. The van der Waals surface area contributed by atoms with Crippen LogP contribution in [0.3, 0.4) is 0 Å². The van der Waals surface area contributed by atoms with Gasteiger partial charge in [0.2, 0.25) is 0 Å². The zero-order valence-corrected chi connectivity index (χ0v) is 13.1. The Balaban J connectivity index is 1.50. The number of amides is 6. The normalized spacial score (nSPS) is 15.2. The first-order chi connectivity index (χ1) is 12.5. The van der Waals surface area contributed by atoms with E-state index in [1.807, 2.05) is 0 Å². The highest BCUT2D eigenvalue weighted by molar-refractivity contribution is 6.23. The van der Waals surface area contributed by atoms with E-state index in [0.717, 1.165) is 0 Å². The summed E-state index contributed by atoms with van der Waals surface area (Å²) in [7, 11) is 0. The molecule has 9 nitrogen and oxygen atoms in total. The minimum Gasteiger partial charge on any atom is -0.267 e. The van der Waals surface area contributed by atoms with Crippen LogP contribution in [0.1, 0.15) is 41.4 Å². The number of carbonyl (C=O) groups excluding carboxylic acids is 5. The fourth-order valence-corrected chi connectivity index (χ4v) is 2.81. The largest absolute Gasteiger partial charge is 0.353 e. The molecular formula is C17H10N4O5. The zero-order chi connectivity index (χ0) is 18.4. The van der Waals surface area contributed by atoms with Gasteiger partial charge < -0.3 is 0 Å². The van der Waals surface area contributed by atoms with Crippen molar-refractivity contribution in [1.29, 1.82) is 0 Å². The van der Waals surface area contributed by atoms with Crippen molar-refractivity contribution in [1.82, 2.24) is 20.9 Å². The van der Waals surface area contributed by atoms with Gasteiger partial charge in [-0.3, -0.25) is 19.2 Å². The number of hydrazine groups is 2. The Labute approximate surface area is 146 Å². The summed E-state index contributed by atoms with van der Waals surface area (Å²) >= 11 is 0. The molecule has 0 saturated carbocycles. The molecule has 0 unspecified atom stereocenters. The lowest BCUT2D eigenvalue weighted by atomic mass is 10.1. The van der Waals surface area contributed by atoms with Crippen LogP contribution in [0.5, 0.6) is 0 Å². The number of nitrogens with one attached hydrogen (secondary N) is 2. The zero-order valence-electron chi connectivity index (χ0n) is 13.1. The van der Waals surface area contributed by atoms with Crippen molar-refractivity contribution >= 4 is 29.7 Å². The SMILES string of the molecule is O=C(NN1C(=O)c2ccccc2C1=O)NN1C(=O)c2ccccc2C1=O. The molecule has 2 aliphatic rings. The first kappa shape index (κ1) is 15.5. The highest BCUT2D eigenvalue weighted by Crippen LogP contribution is 2.22. The van der Waals surface area contributed by atoms with E-state index in [1.165, 1.54) is 24.3 Å². The molecule has 0 bridgehead atoms. The topological polar surface area (TPSA) is 116 Å². The maximum atomic E-state index is 12.2. The summed E-state index contributed by atoms with van der Waals surface area (Å²) in [5.41, 5.74) is 4.72. The van der Waals surface area contributed by atoms with Crippen LogP contribution in [0.4, 0.5) is 4.79 Å². The molecule has 4 rings (SSSR count). The molecule has 2 aromatic rings. The quantitative estimate of drug-likeness (QED) is 0.774. The van der Waals surface area contributed by atoms with Crippen LogP contribution in [-0.2, 0) is 0 Å². The van der Waals surface area contributed by atoms with Gasteiger partial charge in [-0.1, -0.05) is 24.3 Å². The molecule has 0 aromatic heterocycles. The lowest BCUT2D eigenvalue weighted by molar-refractivity contribution is 0.0542. The minimum absolute atomic E-state index is 0.151. The molecule has 0 spiro atoms. The lowest BCUT2D eigenvalue weighted by Crippen LogP contribution is -2.55. The van der Waals surface area contributed by atoms with Gasteiger partial charge in [0.25, 0.3) is 23.6 Å². The molecule has 0 radical (unpaired) electrons. The molecule has 128 valence electrons. The first-order valence-electron chi connectivity index (χ1n) is 7.52. The fraction of sp³-hybridized carbons (Fsp3) is 0. The third kappa shape index (κ3) is 2.14. The van der Waals surface area contributed by atoms with Crippen LogP contribution in [-0.4, -0.2) is 39.7 Å². The highest BCUT2D eigenvalue weighted by Gasteiger charge is 2.39. The van der Waals surface area contributed by atoms with Gasteiger partial charge in [-0.2, -0.15) is 10.0 Å². The van der Waals surface area contributed by atoms with Crippen molar-refractivity contribution in [3.63, 3.8) is 0 Å². The van der Waals surface area contributed by atoms with Gasteiger partial charge in [0.15, 0.2) is 0 Å². The number of nitrogens with zero attached hydrogens (tertiary/aromatic N) is 2. The van der Waals surface area contributed by atoms with Gasteiger partial charge in [0.05, 0.1) is 22.3 Å². The predicted molar refractivity (Wildman–Crippen MR) is 85.6 cm³/mol. The maximum Gasteiger partial charge on any atom is 0.353 e. The van der Waals surface area contributed by atoms with E-state index in [-0.39, 0.29) is 22.3 Å². The van der Waals surface area contributed by atoms with Crippen LogP contribution in [0.2, 0.25) is 0 Å². The second-order valence-electron chi connectivity index (χ2n) is 5.54. The summed E-state index contributed by atoms with van der Waals surface area (Å²) in [5.74, 6) is -2.82. The number of rotatable bonds is 2. The molecule has 2 N–H and O–H groups in total. The summed E-state index contributed by atoms with van der Waals surface area (Å²) in [6, 6.07) is 11.1. The van der Waals surface area contributed by atoms with Gasteiger partial charge in [-0.25, -0.2) is 15.6 Å². The lowest BCUT2D eigenvalue weighted by Gasteiger charge is -2.19. The first-order valence-corrected chi connectivity index (χ1v) is 7.52. The summed E-state index contributed by atoms with van der Waals surface area (Å²) in [6.45, 7) is 0. The van der Waals surface area contributed by atoms with Crippen molar-refractivity contribution in [2.75, 3.05) is 0 Å². The number of hydrogen-bond acceptors (Lipinski definition) is 5. The molecule has 0 fully saturated rings. The standard InChI is InChI=1S/C17H10N4O5/c22-13-9-5-1-2-6-10(9)14(23)20(13)18-17(26)19-21-15(24)11-7-3-4-8-12(11)16(21)25/h1-8H,(H2,18,19,26). The van der Waals surface area contributed by atoms with Crippen LogP contribution in [0, 0.1) is 0 Å². The Morgan fingerprint density at radius 2 is 0.846 bits per heavy atom. The van der Waals surface area contributed by atoms with E-state index in [4.69, 9.17) is 0 Å². The molecule has 2 aliphatic heterocycles. The monoisotopic (exact) mass is 350 g/mol. The van der Waals surface area contributed by atoms with Crippen LogP contribution in [0.25, 0.3) is 0 Å². The van der Waals surface area contributed by atoms with Crippen molar-refractivity contribution in [2.45, 2.75) is 0 Å². The Kier molecular flexibility index (Phi) is 3.29. The van der Waals surface area contributed by atoms with Gasteiger partial charge in [-0.15, -0.1) is 0 Å². The van der Waals surface area contributed by atoms with Crippen LogP contribution < -0.4 is 10.9 Å². The van der Waals surface area contributed by atoms with E-state index in [1.54, 1.807) is 24.3 Å². The molecule has 9 heteroatoms. The molecule has 6 amide bonds. The Bertz CT molecular complexity index is 866. The van der Waals surface area contributed by atoms with E-state index < -0.39 is 29.7 Å². The average molecular weight is 350 g/mol. The van der Waals surface area contributed by atoms with Crippen molar-refractivity contribution in [3.05, 3.63) is 70.8 Å². The Morgan fingerprint density at radius 3 is 1.12 bits per heavy atom. The van der Waals surface area contributed by atoms with Crippen molar-refractivity contribution < 1.29 is 24.0 Å². The van der Waals surface area contributed by atoms with E-state index in [2.05, 4.69) is 10.9 Å². The summed E-state index contributed by atoms with van der Waals surface area (Å²) < 4.78 is 0. The second kappa shape index (κ2) is 5.52. The summed E-state index contributed by atoms with van der Waals surface area (Å²) in [4.78, 5) is 60.9. The fourth-order valence-electron chi connectivity index (χ4n) is 2.81. The molecule has 0 aliphatic carbocycles. The Morgan fingerprint density at radius 1 is 0.577 bits per heavy atom. The average Bonchev–Trinajstić information content (AvgIpc) is 3.03. The number of carbonyl (C=O) groups is 5. The third-order valence-corrected chi connectivity index (χ3v) is 4.01. The highest BCUT2D eigenvalue weighted by atomic mass is 16.2. The molecular weight excluding hydrogens is 340 g/mol. The van der Waals surface area contributed by atoms with Crippen LogP contribution >= 0.6 is 0 Å². The second-order valence-corrected chi connectivity index (χ2v) is 5.54. The third-order valence-electron chi connectivity index (χ3n) is 4.01. The van der Waals surface area contributed by atoms with Crippen molar-refractivity contribution in [2.24, 2.45) is 0 Å². The molecule has 2 heterocycles. The maximum absolute atomic E-state index is 12.2. The van der Waals surface area contributed by atoms with Gasteiger partial charge in [0.1, 0.15) is 0 Å². The molecule has 2 aromatic carbocycles. The molecule has 0 atom stereocenters. The molecule has 0 saturated heterocycles. The number of fused-ring (bicyclic) bond motifs is 2. The van der Waals surface area contributed by atoms with E-state index in [9.17, 15) is 24.0 Å². The minimum atomic E-state index is -1.07. The number of hydrogen-bond donors (Lipinski definition) is 2. The van der Waals surface area contributed by atoms with Gasteiger partial charge in [0, 0.05) is 0 Å². The number of benzene rings is 2. The van der Waals surface area contributed by atoms with Gasteiger partial charge >= 0.3 is 6.03 Å².